The van der Waals surface area contributed by atoms with Gasteiger partial charge in [0.25, 0.3) is 5.91 Å². The number of halogens is 1. The van der Waals surface area contributed by atoms with Crippen LogP contribution in [-0.2, 0) is 9.53 Å². The molecular formula is C21H18BrN3O4. The zero-order valence-corrected chi connectivity index (χ0v) is 17.1. The lowest BCUT2D eigenvalue weighted by Crippen LogP contribution is -2.25. The molecule has 0 aliphatic carbocycles. The van der Waals surface area contributed by atoms with E-state index in [1.54, 1.807) is 36.4 Å². The normalized spacial score (nSPS) is 10.7. The Kier molecular flexibility index (Phi) is 6.80. The molecule has 1 heterocycles. The summed E-state index contributed by atoms with van der Waals surface area (Å²) in [6.45, 7) is 0.0783. The van der Waals surface area contributed by atoms with Gasteiger partial charge < -0.3 is 14.5 Å². The lowest BCUT2D eigenvalue weighted by Gasteiger charge is -2.05. The molecule has 0 unspecified atom stereocenters. The van der Waals surface area contributed by atoms with Gasteiger partial charge in [0, 0.05) is 15.7 Å². The van der Waals surface area contributed by atoms with Crippen LogP contribution in [0.1, 0.15) is 16.1 Å². The van der Waals surface area contributed by atoms with E-state index in [-0.39, 0.29) is 12.5 Å². The first-order chi connectivity index (χ1) is 14.1. The van der Waals surface area contributed by atoms with Crippen LogP contribution in [0, 0.1) is 0 Å². The van der Waals surface area contributed by atoms with E-state index in [4.69, 9.17) is 9.15 Å². The summed E-state index contributed by atoms with van der Waals surface area (Å²) in [7, 11) is 1.33. The van der Waals surface area contributed by atoms with E-state index in [9.17, 15) is 9.59 Å². The average Bonchev–Trinajstić information content (AvgIpc) is 3.21. The molecule has 2 N–H and O–H groups in total. The van der Waals surface area contributed by atoms with Gasteiger partial charge in [0.05, 0.1) is 25.4 Å². The highest BCUT2D eigenvalue weighted by molar-refractivity contribution is 9.10. The Morgan fingerprint density at radius 2 is 1.86 bits per heavy atom. The van der Waals surface area contributed by atoms with Crippen molar-refractivity contribution in [2.24, 2.45) is 5.10 Å². The van der Waals surface area contributed by atoms with Crippen molar-refractivity contribution >= 4 is 39.7 Å². The molecule has 3 aromatic rings. The first kappa shape index (κ1) is 20.3. The standard InChI is InChI=1S/C21H18BrN3O4/c1-28-21(27)18-5-3-2-4-17(18)19-11-10-16(29-19)12-24-25-20(26)13-23-15-8-6-14(22)7-9-15/h2-12,23H,13H2,1H3,(H,25,26)/b24-12-. The molecule has 0 fully saturated rings. The molecule has 3 rings (SSSR count). The molecule has 0 radical (unpaired) electrons. The van der Waals surface area contributed by atoms with Crippen molar-refractivity contribution < 1.29 is 18.7 Å². The second-order valence-corrected chi connectivity index (χ2v) is 6.81. The van der Waals surface area contributed by atoms with Crippen LogP contribution in [0.2, 0.25) is 0 Å². The maximum Gasteiger partial charge on any atom is 0.338 e. The molecule has 8 heteroatoms. The van der Waals surface area contributed by atoms with Crippen LogP contribution in [0.4, 0.5) is 5.69 Å². The van der Waals surface area contributed by atoms with E-state index in [2.05, 4.69) is 31.8 Å². The van der Waals surface area contributed by atoms with Gasteiger partial charge >= 0.3 is 5.97 Å². The topological polar surface area (TPSA) is 92.9 Å². The molecule has 7 nitrogen and oxygen atoms in total. The number of hydrogen-bond donors (Lipinski definition) is 2. The first-order valence-corrected chi connectivity index (χ1v) is 9.45. The second-order valence-electron chi connectivity index (χ2n) is 5.89. The SMILES string of the molecule is COC(=O)c1ccccc1-c1ccc(/C=N\NC(=O)CNc2ccc(Br)cc2)o1. The fourth-order valence-electron chi connectivity index (χ4n) is 2.51. The van der Waals surface area contributed by atoms with Crippen molar-refractivity contribution in [3.63, 3.8) is 0 Å². The highest BCUT2D eigenvalue weighted by atomic mass is 79.9. The van der Waals surface area contributed by atoms with Crippen LogP contribution in [0.15, 0.2) is 74.7 Å². The minimum atomic E-state index is -0.447. The summed E-state index contributed by atoms with van der Waals surface area (Å²) in [5.74, 6) is 0.182. The van der Waals surface area contributed by atoms with Gasteiger partial charge in [-0.1, -0.05) is 34.1 Å². The predicted molar refractivity (Wildman–Crippen MR) is 114 cm³/mol. The lowest BCUT2D eigenvalue weighted by molar-refractivity contribution is -0.119. The predicted octanol–water partition coefficient (Wildman–Crippen LogP) is 4.06. The van der Waals surface area contributed by atoms with Crippen molar-refractivity contribution in [2.75, 3.05) is 19.0 Å². The third-order valence-electron chi connectivity index (χ3n) is 3.90. The molecule has 0 aliphatic rings. The van der Waals surface area contributed by atoms with Crippen molar-refractivity contribution in [2.45, 2.75) is 0 Å². The van der Waals surface area contributed by atoms with Gasteiger partial charge in [0.2, 0.25) is 0 Å². The number of hydrogen-bond acceptors (Lipinski definition) is 6. The van der Waals surface area contributed by atoms with E-state index in [1.807, 2.05) is 24.3 Å². The molecule has 0 saturated carbocycles. The first-order valence-electron chi connectivity index (χ1n) is 8.65. The number of benzene rings is 2. The molecule has 1 aromatic heterocycles. The molecule has 148 valence electrons. The third kappa shape index (κ3) is 5.55. The molecule has 0 aliphatic heterocycles. The molecule has 0 bridgehead atoms. The number of hydrazone groups is 1. The van der Waals surface area contributed by atoms with E-state index < -0.39 is 5.97 Å². The smallest absolute Gasteiger partial charge is 0.338 e. The van der Waals surface area contributed by atoms with Crippen LogP contribution >= 0.6 is 15.9 Å². The molecule has 0 saturated heterocycles. The van der Waals surface area contributed by atoms with Gasteiger partial charge in [0.15, 0.2) is 0 Å². The largest absolute Gasteiger partial charge is 0.465 e. The average molecular weight is 456 g/mol. The maximum absolute atomic E-state index is 11.9. The molecule has 0 spiro atoms. The Morgan fingerprint density at radius 3 is 2.62 bits per heavy atom. The van der Waals surface area contributed by atoms with Gasteiger partial charge in [-0.05, 0) is 42.5 Å². The second kappa shape index (κ2) is 9.70. The number of amides is 1. The number of methoxy groups -OCH3 is 1. The van der Waals surface area contributed by atoms with Crippen LogP contribution in [0.3, 0.4) is 0 Å². The number of nitrogens with one attached hydrogen (secondary N) is 2. The summed E-state index contributed by atoms with van der Waals surface area (Å²) >= 11 is 3.36. The number of rotatable bonds is 7. The molecule has 29 heavy (non-hydrogen) atoms. The van der Waals surface area contributed by atoms with Crippen molar-refractivity contribution in [1.82, 2.24) is 5.43 Å². The summed E-state index contributed by atoms with van der Waals surface area (Å²) in [6, 6.07) is 17.9. The Balaban J connectivity index is 1.57. The molecular weight excluding hydrogens is 438 g/mol. The number of nitrogens with zero attached hydrogens (tertiary/aromatic N) is 1. The Hall–Kier alpha value is -3.39. The number of furan rings is 1. The van der Waals surface area contributed by atoms with Crippen molar-refractivity contribution in [1.29, 1.82) is 0 Å². The van der Waals surface area contributed by atoms with Crippen LogP contribution < -0.4 is 10.7 Å². The van der Waals surface area contributed by atoms with Crippen LogP contribution in [-0.4, -0.2) is 31.7 Å². The summed E-state index contributed by atoms with van der Waals surface area (Å²) in [5, 5.41) is 6.89. The van der Waals surface area contributed by atoms with Gasteiger partial charge in [-0.3, -0.25) is 4.79 Å². The Bertz CT molecular complexity index is 1030. The summed E-state index contributed by atoms with van der Waals surface area (Å²) in [6.07, 6.45) is 1.39. The highest BCUT2D eigenvalue weighted by Crippen LogP contribution is 2.26. The summed E-state index contributed by atoms with van der Waals surface area (Å²) < 4.78 is 11.5. The lowest BCUT2D eigenvalue weighted by atomic mass is 10.1. The maximum atomic E-state index is 11.9. The third-order valence-corrected chi connectivity index (χ3v) is 4.43. The summed E-state index contributed by atoms with van der Waals surface area (Å²) in [4.78, 5) is 23.8. The number of anilines is 1. The van der Waals surface area contributed by atoms with Gasteiger partial charge in [-0.2, -0.15) is 5.10 Å². The van der Waals surface area contributed by atoms with Gasteiger partial charge in [0.1, 0.15) is 11.5 Å². The highest BCUT2D eigenvalue weighted by Gasteiger charge is 2.15. The fourth-order valence-corrected chi connectivity index (χ4v) is 2.77. The van der Waals surface area contributed by atoms with E-state index in [0.29, 0.717) is 22.6 Å². The van der Waals surface area contributed by atoms with E-state index >= 15 is 0 Å². The molecule has 1 amide bonds. The number of carbonyl (C=O) groups is 2. The number of esters is 1. The van der Waals surface area contributed by atoms with Crippen molar-refractivity contribution in [3.05, 3.63) is 76.5 Å². The van der Waals surface area contributed by atoms with Gasteiger partial charge in [-0.15, -0.1) is 0 Å². The Labute approximate surface area is 175 Å². The number of carbonyl (C=O) groups excluding carboxylic acids is 2. The fraction of sp³-hybridized carbons (Fsp3) is 0.0952. The van der Waals surface area contributed by atoms with Crippen LogP contribution in [0.5, 0.6) is 0 Å². The minimum Gasteiger partial charge on any atom is -0.465 e. The van der Waals surface area contributed by atoms with Crippen molar-refractivity contribution in [3.8, 4) is 11.3 Å². The monoisotopic (exact) mass is 455 g/mol. The zero-order valence-electron chi connectivity index (χ0n) is 15.5. The van der Waals surface area contributed by atoms with Crippen LogP contribution in [0.25, 0.3) is 11.3 Å². The van der Waals surface area contributed by atoms with E-state index in [0.717, 1.165) is 10.2 Å². The summed E-state index contributed by atoms with van der Waals surface area (Å²) in [5.41, 5.74) is 4.27. The Morgan fingerprint density at radius 1 is 1.10 bits per heavy atom. The molecule has 0 atom stereocenters. The molecule has 2 aromatic carbocycles. The minimum absolute atomic E-state index is 0.0783. The van der Waals surface area contributed by atoms with Gasteiger partial charge in [-0.25, -0.2) is 10.2 Å². The number of ether oxygens (including phenoxy) is 1. The van der Waals surface area contributed by atoms with E-state index in [1.165, 1.54) is 13.3 Å². The quantitative estimate of drug-likeness (QED) is 0.318. The zero-order chi connectivity index (χ0) is 20.6.